The molecule has 0 aliphatic carbocycles. The predicted octanol–water partition coefficient (Wildman–Crippen LogP) is 1.78. The number of amides is 15. The number of hydrogen-bond acceptors (Lipinski definition) is 19. The molecule has 1 aromatic heterocycles. The number of carbonyl (C=O) groups is 16. The molecule has 11 atom stereocenters. The first-order valence-corrected chi connectivity index (χ1v) is 43.1. The van der Waals surface area contributed by atoms with Crippen LogP contribution in [-0.2, 0) is 115 Å². The molecule has 684 valence electrons. The Hall–Kier alpha value is -13.7. The zero-order valence-corrected chi connectivity index (χ0v) is 73.3. The van der Waals surface area contributed by atoms with Crippen LogP contribution in [0.25, 0.3) is 10.9 Å². The second-order valence-electron chi connectivity index (χ2n) is 32.4. The molecule has 128 heavy (non-hydrogen) atoms. The summed E-state index contributed by atoms with van der Waals surface area (Å²) in [6.45, 7) is 5.87. The molecule has 1 fully saturated rings. The number of para-hydroxylation sites is 1. The molecule has 0 radical (unpaired) electrons. The molecule has 8 rings (SSSR count). The Morgan fingerprint density at radius 2 is 0.922 bits per heavy atom. The maximum Gasteiger partial charge on any atom is 0.305 e. The standard InChI is InChI=1S/C91H113FN16O19S/c1-9-10-29-74-91(127)107(7)49-77(113)97-70(45-79(115)116)87(123)105-80(53(4)5)88(124)101-69(43-58-25-17-19-27-63(58)92)86(122)102-71(42-57-32-36-61(110)37-33-57)89(125)106(6)48-76(112)96-68(44-59-46-94-64-28-20-18-26-62(59)64)85(121)100-67(40-56-30-34-60(109)35-31-56)84(120)99-65(38-52(2)3)82(118)104-73(81(117)95-47-75(93)111)50-128-51-78(114)98-66(39-54-21-13-11-14-22-54)83(119)103-72(90(126)108(74)8)41-55-23-15-12-16-24-55/h11-28,30-37,46,52-53,65-74,80,94,109-110H,9-10,29,38-45,47-51H2,1-8H3,(H2,93,111)(H,95,117)(H,96,112)(H,97,113)(H,98,114)(H,99,120)(H,100,121)(H,101,124)(H,102,122)(H,103,119)(H,104,118)(H,105,123)(H,115,116)/t65-,66-,67-,68-,69-,70-,71-,72-,73-,74-,80-/m0/s1. The number of aromatic amines is 1. The summed E-state index contributed by atoms with van der Waals surface area (Å²) in [7, 11) is 3.76. The lowest BCUT2D eigenvalue weighted by atomic mass is 9.99. The number of hydrogen-bond donors (Lipinski definition) is 16. The summed E-state index contributed by atoms with van der Waals surface area (Å²) >= 11 is 0.811. The molecule has 17 N–H and O–H groups in total. The molecule has 1 saturated heterocycles. The van der Waals surface area contributed by atoms with Gasteiger partial charge in [0.05, 0.1) is 31.8 Å². The molecule has 1 aliphatic heterocycles. The number of fused-ring (bicyclic) bond motifs is 1. The largest absolute Gasteiger partial charge is 0.508 e. The van der Waals surface area contributed by atoms with E-state index in [0.29, 0.717) is 51.6 Å². The fourth-order valence-corrected chi connectivity index (χ4v) is 15.3. The van der Waals surface area contributed by atoms with E-state index < -0.39 is 217 Å². The first kappa shape index (κ1) is 99.7. The number of aromatic nitrogens is 1. The number of H-pyrrole nitrogens is 1. The van der Waals surface area contributed by atoms with Crippen LogP contribution in [0, 0.1) is 17.7 Å². The Labute approximate surface area is 744 Å². The summed E-state index contributed by atoms with van der Waals surface area (Å²) in [6.07, 6.45) is -0.631. The fraction of sp³-hybridized carbons (Fsp3) is 0.407. The summed E-state index contributed by atoms with van der Waals surface area (Å²) in [5, 5.41) is 60.3. The number of phenols is 2. The van der Waals surface area contributed by atoms with Gasteiger partial charge in [0, 0.05) is 82.5 Å². The van der Waals surface area contributed by atoms with E-state index in [1.807, 2.05) is 6.92 Å². The Balaban J connectivity index is 1.20. The third kappa shape index (κ3) is 30.8. The van der Waals surface area contributed by atoms with Crippen LogP contribution in [0.3, 0.4) is 0 Å². The quantitative estimate of drug-likeness (QED) is 0.0434. The van der Waals surface area contributed by atoms with E-state index in [4.69, 9.17) is 5.73 Å². The van der Waals surface area contributed by atoms with Gasteiger partial charge >= 0.3 is 5.97 Å². The number of unbranched alkanes of at least 4 members (excludes halogenated alkanes) is 1. The van der Waals surface area contributed by atoms with Crippen molar-refractivity contribution in [1.29, 1.82) is 0 Å². The van der Waals surface area contributed by atoms with E-state index in [0.717, 1.165) is 32.5 Å². The number of benzene rings is 6. The average Bonchev–Trinajstić information content (AvgIpc) is 1.81. The lowest BCUT2D eigenvalue weighted by Crippen LogP contribution is -2.61. The van der Waals surface area contributed by atoms with E-state index in [9.17, 15) is 63.3 Å². The molecule has 1 aliphatic rings. The third-order valence-corrected chi connectivity index (χ3v) is 22.3. The number of thioether (sulfide) groups is 1. The lowest BCUT2D eigenvalue weighted by molar-refractivity contribution is -0.147. The second-order valence-corrected chi connectivity index (χ2v) is 33.4. The van der Waals surface area contributed by atoms with Gasteiger partial charge in [0.2, 0.25) is 88.6 Å². The summed E-state index contributed by atoms with van der Waals surface area (Å²) in [5.41, 5.74) is 8.28. The number of rotatable bonds is 23. The van der Waals surface area contributed by atoms with Crippen LogP contribution in [0.1, 0.15) is 100 Å². The highest BCUT2D eigenvalue weighted by atomic mass is 32.2. The molecule has 0 saturated carbocycles. The number of aromatic hydroxyl groups is 2. The van der Waals surface area contributed by atoms with Crippen LogP contribution in [0.15, 0.2) is 164 Å². The topological polar surface area (TPSA) is 518 Å². The minimum absolute atomic E-state index is 0.00690. The predicted molar refractivity (Wildman–Crippen MR) is 473 cm³/mol. The van der Waals surface area contributed by atoms with Gasteiger partial charge in [-0.1, -0.05) is 169 Å². The van der Waals surface area contributed by atoms with Gasteiger partial charge in [0.1, 0.15) is 83.8 Å². The summed E-state index contributed by atoms with van der Waals surface area (Å²) in [6, 6.07) is 22.7. The number of carboxylic acids is 1. The number of phenolic OH excluding ortho intramolecular Hbond substituents is 2. The second kappa shape index (κ2) is 48.7. The Bertz CT molecular complexity index is 5070. The van der Waals surface area contributed by atoms with Gasteiger partial charge in [-0.15, -0.1) is 11.8 Å². The molecule has 6 aromatic carbocycles. The van der Waals surface area contributed by atoms with E-state index in [-0.39, 0.29) is 67.9 Å². The minimum Gasteiger partial charge on any atom is -0.508 e. The number of carboxylic acid groups (broad SMARTS) is 1. The van der Waals surface area contributed by atoms with Crippen molar-refractivity contribution in [1.82, 2.24) is 78.2 Å². The van der Waals surface area contributed by atoms with Crippen molar-refractivity contribution in [3.63, 3.8) is 0 Å². The van der Waals surface area contributed by atoms with Crippen molar-refractivity contribution in [2.24, 2.45) is 17.6 Å². The number of carbonyl (C=O) groups excluding carboxylic acids is 15. The lowest BCUT2D eigenvalue weighted by Gasteiger charge is -2.34. The molecule has 7 aromatic rings. The van der Waals surface area contributed by atoms with Gasteiger partial charge in [-0.2, -0.15) is 0 Å². The molecular weight excluding hydrogens is 1670 g/mol. The van der Waals surface area contributed by atoms with E-state index >= 15 is 33.2 Å². The Morgan fingerprint density at radius 3 is 1.46 bits per heavy atom. The summed E-state index contributed by atoms with van der Waals surface area (Å²) in [4.78, 5) is 239. The fourth-order valence-electron chi connectivity index (χ4n) is 14.4. The van der Waals surface area contributed by atoms with Crippen LogP contribution in [0.4, 0.5) is 4.39 Å². The van der Waals surface area contributed by atoms with Crippen LogP contribution < -0.4 is 64.2 Å². The highest BCUT2D eigenvalue weighted by Crippen LogP contribution is 2.23. The molecule has 0 unspecified atom stereocenters. The number of nitrogens with one attached hydrogen (secondary N) is 12. The highest BCUT2D eigenvalue weighted by molar-refractivity contribution is 8.00. The number of nitrogens with two attached hydrogens (primary N) is 1. The van der Waals surface area contributed by atoms with Gasteiger partial charge in [-0.25, -0.2) is 4.39 Å². The Kier molecular flexibility index (Phi) is 37.9. The first-order chi connectivity index (χ1) is 60.9. The zero-order valence-electron chi connectivity index (χ0n) is 72.5. The first-order valence-electron chi connectivity index (χ1n) is 42.0. The van der Waals surface area contributed by atoms with Crippen molar-refractivity contribution in [2.45, 2.75) is 172 Å². The van der Waals surface area contributed by atoms with Crippen molar-refractivity contribution < 1.29 is 96.4 Å². The van der Waals surface area contributed by atoms with Gasteiger partial charge < -0.3 is 99.2 Å². The smallest absolute Gasteiger partial charge is 0.305 e. The maximum atomic E-state index is 15.8. The van der Waals surface area contributed by atoms with Crippen molar-refractivity contribution in [3.8, 4) is 11.5 Å². The Morgan fingerprint density at radius 1 is 0.484 bits per heavy atom. The SMILES string of the molecule is CCCC[C@H]1C(=O)N(C)CC(=O)N[C@@H](CC(=O)O)C(=O)N[C@@H](C(C)C)C(=O)N[C@@H](Cc2ccccc2F)C(=O)N[C@@H](Cc2ccc(O)cc2)C(=O)N(C)CC(=O)N[C@@H](Cc2c[nH]c3ccccc23)C(=O)N[C@@H](Cc2ccc(O)cc2)C(=O)N[C@@H](CC(C)C)C(=O)N[C@H](C(=O)NCC(N)=O)CSCC(=O)N[C@@H](Cc2ccccc2)C(=O)N[C@@H](Cc2ccccc2)C(=O)N1C. The van der Waals surface area contributed by atoms with Crippen molar-refractivity contribution in [3.05, 3.63) is 203 Å². The van der Waals surface area contributed by atoms with Crippen LogP contribution in [0.2, 0.25) is 0 Å². The van der Waals surface area contributed by atoms with Gasteiger partial charge in [0.15, 0.2) is 0 Å². The van der Waals surface area contributed by atoms with Crippen molar-refractivity contribution >= 4 is 117 Å². The molecule has 37 heteroatoms. The van der Waals surface area contributed by atoms with E-state index in [2.05, 4.69) is 63.5 Å². The normalized spacial score (nSPS) is 21.8. The van der Waals surface area contributed by atoms with Crippen LogP contribution >= 0.6 is 11.8 Å². The van der Waals surface area contributed by atoms with Gasteiger partial charge in [0.25, 0.3) is 0 Å². The van der Waals surface area contributed by atoms with Gasteiger partial charge in [-0.3, -0.25) is 76.7 Å². The number of likely N-dealkylation sites (N-methyl/N-ethyl adjacent to an activating group) is 3. The highest BCUT2D eigenvalue weighted by Gasteiger charge is 2.40. The van der Waals surface area contributed by atoms with E-state index in [1.165, 1.54) is 102 Å². The zero-order chi connectivity index (χ0) is 93.4. The van der Waals surface area contributed by atoms with Crippen molar-refractivity contribution in [2.75, 3.05) is 52.3 Å². The van der Waals surface area contributed by atoms with Gasteiger partial charge in [-0.05, 0) is 94.5 Å². The molecule has 0 spiro atoms. The molecule has 0 bridgehead atoms. The van der Waals surface area contributed by atoms with Crippen LogP contribution in [-0.4, -0.2) is 248 Å². The average molecular weight is 1790 g/mol. The molecular formula is C91H113FN16O19S. The summed E-state index contributed by atoms with van der Waals surface area (Å²) in [5.74, 6) is -19.4. The molecule has 2 heterocycles. The number of halogens is 1. The molecule has 15 amide bonds. The monoisotopic (exact) mass is 1780 g/mol. The van der Waals surface area contributed by atoms with Crippen LogP contribution in [0.5, 0.6) is 11.5 Å². The third-order valence-electron chi connectivity index (χ3n) is 21.2. The number of nitrogens with zero attached hydrogens (tertiary/aromatic N) is 3. The number of primary amides is 1. The maximum absolute atomic E-state index is 15.8. The molecule has 35 nitrogen and oxygen atoms in total. The number of aliphatic carboxylic acids is 1. The summed E-state index contributed by atoms with van der Waals surface area (Å²) < 4.78 is 15.8. The minimum atomic E-state index is -1.96. The van der Waals surface area contributed by atoms with E-state index in [1.54, 1.807) is 105 Å².